The molecule has 0 saturated carbocycles. The topological polar surface area (TPSA) is 48.1 Å². The Bertz CT molecular complexity index is 803. The van der Waals surface area contributed by atoms with Crippen LogP contribution in [0.15, 0.2) is 42.7 Å². The van der Waals surface area contributed by atoms with Gasteiger partial charge in [0, 0.05) is 61.7 Å². The summed E-state index contributed by atoms with van der Waals surface area (Å²) in [5.74, 6) is 0.852. The molecule has 0 unspecified atom stereocenters. The van der Waals surface area contributed by atoms with E-state index in [0.29, 0.717) is 0 Å². The Morgan fingerprint density at radius 3 is 2.54 bits per heavy atom. The van der Waals surface area contributed by atoms with Gasteiger partial charge in [0.1, 0.15) is 0 Å². The Morgan fingerprint density at radius 2 is 1.75 bits per heavy atom. The molecule has 0 aliphatic carbocycles. The van der Waals surface area contributed by atoms with Crippen LogP contribution in [0, 0.1) is 6.92 Å². The molecular weight excluding hydrogens is 298 g/mol. The van der Waals surface area contributed by atoms with E-state index in [2.05, 4.69) is 55.9 Å². The van der Waals surface area contributed by atoms with E-state index in [1.807, 2.05) is 18.5 Å². The fourth-order valence-corrected chi connectivity index (χ4v) is 3.55. The molecule has 0 bridgehead atoms. The van der Waals surface area contributed by atoms with Crippen molar-refractivity contribution in [2.24, 2.45) is 0 Å². The molecule has 5 nitrogen and oxygen atoms in total. The van der Waals surface area contributed by atoms with Gasteiger partial charge in [-0.2, -0.15) is 0 Å². The van der Waals surface area contributed by atoms with E-state index in [0.717, 1.165) is 45.1 Å². The molecule has 5 heteroatoms. The van der Waals surface area contributed by atoms with Crippen LogP contribution in [0.1, 0.15) is 11.3 Å². The Morgan fingerprint density at radius 1 is 1.00 bits per heavy atom. The van der Waals surface area contributed by atoms with Gasteiger partial charge >= 0.3 is 0 Å². The average molecular weight is 321 g/mol. The Balaban J connectivity index is 1.37. The smallest absolute Gasteiger partial charge is 0.225 e. The minimum Gasteiger partial charge on any atom is -0.358 e. The molecule has 3 aromatic rings. The Hall–Kier alpha value is -2.40. The number of rotatable bonds is 4. The van der Waals surface area contributed by atoms with Gasteiger partial charge in [0.05, 0.1) is 0 Å². The third kappa shape index (κ3) is 2.99. The highest BCUT2D eigenvalue weighted by Gasteiger charge is 2.19. The molecule has 0 radical (unpaired) electrons. The molecule has 4 rings (SSSR count). The van der Waals surface area contributed by atoms with E-state index in [-0.39, 0.29) is 0 Å². The van der Waals surface area contributed by atoms with Crippen LogP contribution >= 0.6 is 0 Å². The van der Waals surface area contributed by atoms with Crippen molar-refractivity contribution in [3.63, 3.8) is 0 Å². The zero-order chi connectivity index (χ0) is 16.4. The summed E-state index contributed by atoms with van der Waals surface area (Å²) < 4.78 is 0. The van der Waals surface area contributed by atoms with E-state index < -0.39 is 0 Å². The van der Waals surface area contributed by atoms with Gasteiger partial charge in [-0.15, -0.1) is 0 Å². The number of anilines is 1. The first-order chi connectivity index (χ1) is 11.8. The van der Waals surface area contributed by atoms with Crippen molar-refractivity contribution in [3.8, 4) is 0 Å². The molecule has 0 spiro atoms. The second-order valence-corrected chi connectivity index (χ2v) is 6.40. The molecular formula is C19H23N5. The lowest BCUT2D eigenvalue weighted by Crippen LogP contribution is -2.47. The summed E-state index contributed by atoms with van der Waals surface area (Å²) in [7, 11) is 0. The molecule has 1 N–H and O–H groups in total. The van der Waals surface area contributed by atoms with E-state index in [4.69, 9.17) is 0 Å². The van der Waals surface area contributed by atoms with Gasteiger partial charge in [-0.3, -0.25) is 4.90 Å². The van der Waals surface area contributed by atoms with Crippen LogP contribution in [0.4, 0.5) is 5.95 Å². The normalized spacial score (nSPS) is 16.0. The summed E-state index contributed by atoms with van der Waals surface area (Å²) in [4.78, 5) is 17.0. The van der Waals surface area contributed by atoms with E-state index in [9.17, 15) is 0 Å². The second-order valence-electron chi connectivity index (χ2n) is 6.40. The quantitative estimate of drug-likeness (QED) is 0.802. The first-order valence-electron chi connectivity index (χ1n) is 8.62. The van der Waals surface area contributed by atoms with Gasteiger partial charge in [-0.25, -0.2) is 9.97 Å². The highest BCUT2D eigenvalue weighted by Crippen LogP contribution is 2.22. The predicted octanol–water partition coefficient (Wildman–Crippen LogP) is 2.63. The van der Waals surface area contributed by atoms with Crippen LogP contribution < -0.4 is 4.90 Å². The Kier molecular flexibility index (Phi) is 4.17. The van der Waals surface area contributed by atoms with Crippen LogP contribution in [-0.4, -0.2) is 52.6 Å². The fourth-order valence-electron chi connectivity index (χ4n) is 3.55. The fraction of sp³-hybridized carbons (Fsp3) is 0.368. The van der Waals surface area contributed by atoms with Crippen molar-refractivity contribution in [1.82, 2.24) is 19.9 Å². The molecule has 1 fully saturated rings. The first kappa shape index (κ1) is 15.1. The molecule has 0 atom stereocenters. The molecule has 1 aliphatic rings. The summed E-state index contributed by atoms with van der Waals surface area (Å²) >= 11 is 0. The number of para-hydroxylation sites is 1. The lowest BCUT2D eigenvalue weighted by molar-refractivity contribution is 0.260. The highest BCUT2D eigenvalue weighted by atomic mass is 15.3. The van der Waals surface area contributed by atoms with Crippen molar-refractivity contribution in [3.05, 3.63) is 54.0 Å². The number of hydrogen-bond donors (Lipinski definition) is 1. The van der Waals surface area contributed by atoms with Gasteiger partial charge in [-0.05, 0) is 31.0 Å². The minimum absolute atomic E-state index is 0.852. The predicted molar refractivity (Wildman–Crippen MR) is 97.4 cm³/mol. The number of fused-ring (bicyclic) bond motifs is 1. The molecule has 3 heterocycles. The van der Waals surface area contributed by atoms with Crippen molar-refractivity contribution in [2.45, 2.75) is 13.3 Å². The van der Waals surface area contributed by atoms with E-state index in [1.165, 1.54) is 22.2 Å². The molecule has 1 aliphatic heterocycles. The number of nitrogens with zero attached hydrogens (tertiary/aromatic N) is 4. The van der Waals surface area contributed by atoms with Crippen molar-refractivity contribution < 1.29 is 0 Å². The number of piperazine rings is 1. The zero-order valence-electron chi connectivity index (χ0n) is 14.1. The van der Waals surface area contributed by atoms with Gasteiger partial charge in [0.25, 0.3) is 0 Å². The third-order valence-electron chi connectivity index (χ3n) is 4.91. The molecule has 1 saturated heterocycles. The van der Waals surface area contributed by atoms with E-state index in [1.54, 1.807) is 0 Å². The monoisotopic (exact) mass is 321 g/mol. The van der Waals surface area contributed by atoms with Crippen LogP contribution in [0.2, 0.25) is 0 Å². The molecule has 24 heavy (non-hydrogen) atoms. The average Bonchev–Trinajstić information content (AvgIpc) is 2.96. The van der Waals surface area contributed by atoms with Gasteiger partial charge in [0.2, 0.25) is 5.95 Å². The first-order valence-corrected chi connectivity index (χ1v) is 8.62. The Labute approximate surface area is 142 Å². The van der Waals surface area contributed by atoms with Gasteiger partial charge < -0.3 is 9.88 Å². The summed E-state index contributed by atoms with van der Waals surface area (Å²) in [6.07, 6.45) is 4.72. The summed E-state index contributed by atoms with van der Waals surface area (Å²) in [5.41, 5.74) is 4.00. The lowest BCUT2D eigenvalue weighted by atomic mass is 10.1. The number of H-pyrrole nitrogens is 1. The van der Waals surface area contributed by atoms with Gasteiger partial charge in [-0.1, -0.05) is 18.2 Å². The number of aromatic amines is 1. The maximum Gasteiger partial charge on any atom is 0.225 e. The second kappa shape index (κ2) is 6.61. The number of nitrogens with one attached hydrogen (secondary N) is 1. The molecule has 124 valence electrons. The zero-order valence-corrected chi connectivity index (χ0v) is 14.1. The maximum absolute atomic E-state index is 4.35. The van der Waals surface area contributed by atoms with Crippen molar-refractivity contribution in [2.75, 3.05) is 37.6 Å². The summed E-state index contributed by atoms with van der Waals surface area (Å²) in [6.45, 7) is 7.42. The minimum atomic E-state index is 0.852. The van der Waals surface area contributed by atoms with Crippen LogP contribution in [0.3, 0.4) is 0 Å². The maximum atomic E-state index is 4.35. The molecule has 2 aromatic heterocycles. The number of aryl methyl sites for hydroxylation is 1. The number of benzene rings is 1. The van der Waals surface area contributed by atoms with Crippen LogP contribution in [0.25, 0.3) is 10.9 Å². The summed E-state index contributed by atoms with van der Waals surface area (Å²) in [6, 6.07) is 10.5. The van der Waals surface area contributed by atoms with Crippen molar-refractivity contribution >= 4 is 16.9 Å². The standard InChI is InChI=1S/C19H23N5/c1-15-16(17-5-2-3-6-18(17)22-15)7-10-23-11-13-24(14-12-23)19-20-8-4-9-21-19/h2-6,8-9,22H,7,10-14H2,1H3. The molecule has 0 amide bonds. The molecule has 1 aromatic carbocycles. The van der Waals surface area contributed by atoms with Crippen LogP contribution in [0.5, 0.6) is 0 Å². The number of hydrogen-bond acceptors (Lipinski definition) is 4. The largest absolute Gasteiger partial charge is 0.358 e. The van der Waals surface area contributed by atoms with Gasteiger partial charge in [0.15, 0.2) is 0 Å². The highest BCUT2D eigenvalue weighted by molar-refractivity contribution is 5.84. The summed E-state index contributed by atoms with van der Waals surface area (Å²) in [5, 5.41) is 1.37. The number of aromatic nitrogens is 3. The SMILES string of the molecule is Cc1[nH]c2ccccc2c1CCN1CCN(c2ncccn2)CC1. The van der Waals surface area contributed by atoms with Crippen LogP contribution in [-0.2, 0) is 6.42 Å². The third-order valence-corrected chi connectivity index (χ3v) is 4.91. The van der Waals surface area contributed by atoms with E-state index >= 15 is 0 Å². The van der Waals surface area contributed by atoms with Crippen molar-refractivity contribution in [1.29, 1.82) is 0 Å². The lowest BCUT2D eigenvalue weighted by Gasteiger charge is -2.34.